The minimum absolute atomic E-state index is 0.293. The standard InChI is InChI=1S/C28H25FN6O/c1-31-26-12-9-20(17-33-26)18-34-28(36)24-10-11-25(23-8-3-2-6-21(23)16-30)35-27(24)32-14-13-19-5-4-7-22(29)15-19/h2-12,15,17H,13-14,18H2,1H3,(H,31,33)(H,32,35)(H,34,36). The van der Waals surface area contributed by atoms with Crippen LogP contribution in [0.3, 0.4) is 0 Å². The average Bonchev–Trinajstić information content (AvgIpc) is 2.92. The number of rotatable bonds is 9. The van der Waals surface area contributed by atoms with Crippen molar-refractivity contribution in [2.75, 3.05) is 24.2 Å². The molecule has 4 rings (SSSR count). The first-order chi connectivity index (χ1) is 17.6. The molecule has 36 heavy (non-hydrogen) atoms. The molecular formula is C28H25FN6O. The molecule has 4 aromatic rings. The molecule has 0 aliphatic rings. The van der Waals surface area contributed by atoms with Crippen molar-refractivity contribution in [2.45, 2.75) is 13.0 Å². The molecule has 0 atom stereocenters. The predicted octanol–water partition coefficient (Wildman–Crippen LogP) is 4.78. The maximum absolute atomic E-state index is 13.5. The monoisotopic (exact) mass is 480 g/mol. The first-order valence-corrected chi connectivity index (χ1v) is 11.5. The fourth-order valence-corrected chi connectivity index (χ4v) is 3.70. The average molecular weight is 481 g/mol. The number of hydrogen-bond donors (Lipinski definition) is 3. The summed E-state index contributed by atoms with van der Waals surface area (Å²) in [7, 11) is 1.79. The first-order valence-electron chi connectivity index (χ1n) is 11.5. The van der Waals surface area contributed by atoms with Gasteiger partial charge in [0, 0.05) is 31.9 Å². The molecule has 2 aromatic carbocycles. The third-order valence-corrected chi connectivity index (χ3v) is 5.59. The lowest BCUT2D eigenvalue weighted by Gasteiger charge is -2.14. The van der Waals surface area contributed by atoms with Gasteiger partial charge in [-0.05, 0) is 53.9 Å². The Balaban J connectivity index is 1.56. The van der Waals surface area contributed by atoms with E-state index < -0.39 is 0 Å². The Morgan fingerprint density at radius 2 is 1.89 bits per heavy atom. The Bertz CT molecular complexity index is 1400. The van der Waals surface area contributed by atoms with Gasteiger partial charge < -0.3 is 16.0 Å². The Hall–Kier alpha value is -4.77. The van der Waals surface area contributed by atoms with Crippen LogP contribution in [-0.2, 0) is 13.0 Å². The Kier molecular flexibility index (Phi) is 7.83. The minimum atomic E-state index is -0.298. The third kappa shape index (κ3) is 6.02. The molecule has 1 amide bonds. The summed E-state index contributed by atoms with van der Waals surface area (Å²) in [5.74, 6) is 0.539. The van der Waals surface area contributed by atoms with Crippen molar-refractivity contribution in [3.63, 3.8) is 0 Å². The number of amides is 1. The van der Waals surface area contributed by atoms with Gasteiger partial charge >= 0.3 is 0 Å². The lowest BCUT2D eigenvalue weighted by molar-refractivity contribution is 0.0951. The summed E-state index contributed by atoms with van der Waals surface area (Å²) in [6, 6.07) is 22.9. The molecule has 8 heteroatoms. The van der Waals surface area contributed by atoms with E-state index in [2.05, 4.69) is 32.0 Å². The van der Waals surface area contributed by atoms with Crippen LogP contribution < -0.4 is 16.0 Å². The van der Waals surface area contributed by atoms with Crippen molar-refractivity contribution < 1.29 is 9.18 Å². The van der Waals surface area contributed by atoms with Crippen LogP contribution in [-0.4, -0.2) is 29.5 Å². The number of anilines is 2. The minimum Gasteiger partial charge on any atom is -0.373 e. The van der Waals surface area contributed by atoms with Crippen LogP contribution in [0.15, 0.2) is 79.0 Å². The van der Waals surface area contributed by atoms with Crippen molar-refractivity contribution in [3.05, 3.63) is 107 Å². The van der Waals surface area contributed by atoms with Gasteiger partial charge in [0.2, 0.25) is 0 Å². The zero-order valence-corrected chi connectivity index (χ0v) is 19.8. The fraction of sp³-hybridized carbons (Fsp3) is 0.143. The molecule has 0 aliphatic heterocycles. The van der Waals surface area contributed by atoms with Crippen LogP contribution in [0.5, 0.6) is 0 Å². The molecule has 0 fully saturated rings. The van der Waals surface area contributed by atoms with Crippen LogP contribution >= 0.6 is 0 Å². The van der Waals surface area contributed by atoms with Gasteiger partial charge in [0.25, 0.3) is 5.91 Å². The van der Waals surface area contributed by atoms with Crippen molar-refractivity contribution in [3.8, 4) is 17.3 Å². The largest absolute Gasteiger partial charge is 0.373 e. The number of pyridine rings is 2. The molecule has 2 aromatic heterocycles. The molecule has 0 saturated heterocycles. The third-order valence-electron chi connectivity index (χ3n) is 5.59. The molecule has 0 radical (unpaired) electrons. The van der Waals surface area contributed by atoms with E-state index in [1.54, 1.807) is 43.6 Å². The number of nitrogens with zero attached hydrogens (tertiary/aromatic N) is 3. The van der Waals surface area contributed by atoms with Gasteiger partial charge in [0.1, 0.15) is 17.5 Å². The Morgan fingerprint density at radius 3 is 2.64 bits per heavy atom. The topological polar surface area (TPSA) is 103 Å². The van der Waals surface area contributed by atoms with Crippen LogP contribution in [0.25, 0.3) is 11.3 Å². The predicted molar refractivity (Wildman–Crippen MR) is 138 cm³/mol. The van der Waals surface area contributed by atoms with Crippen LogP contribution in [0, 0.1) is 17.1 Å². The molecule has 180 valence electrons. The van der Waals surface area contributed by atoms with Gasteiger partial charge in [0.15, 0.2) is 0 Å². The molecule has 0 spiro atoms. The van der Waals surface area contributed by atoms with E-state index in [-0.39, 0.29) is 11.7 Å². The normalized spacial score (nSPS) is 10.4. The molecule has 0 saturated carbocycles. The number of carbonyl (C=O) groups excluding carboxylic acids is 1. The van der Waals surface area contributed by atoms with Crippen molar-refractivity contribution >= 4 is 17.5 Å². The highest BCUT2D eigenvalue weighted by atomic mass is 19.1. The number of hydrogen-bond acceptors (Lipinski definition) is 6. The SMILES string of the molecule is CNc1ccc(CNC(=O)c2ccc(-c3ccccc3C#N)nc2NCCc2cccc(F)c2)cn1. The summed E-state index contributed by atoms with van der Waals surface area (Å²) in [4.78, 5) is 22.0. The van der Waals surface area contributed by atoms with Crippen LogP contribution in [0.1, 0.15) is 27.0 Å². The number of nitriles is 1. The van der Waals surface area contributed by atoms with E-state index >= 15 is 0 Å². The maximum atomic E-state index is 13.5. The summed E-state index contributed by atoms with van der Waals surface area (Å²) in [6.45, 7) is 0.743. The zero-order valence-electron chi connectivity index (χ0n) is 19.8. The summed E-state index contributed by atoms with van der Waals surface area (Å²) >= 11 is 0. The summed E-state index contributed by atoms with van der Waals surface area (Å²) in [6.07, 6.45) is 2.24. The molecular weight excluding hydrogens is 455 g/mol. The number of nitrogens with one attached hydrogen (secondary N) is 3. The Morgan fingerprint density at radius 1 is 1.03 bits per heavy atom. The highest BCUT2D eigenvalue weighted by molar-refractivity contribution is 5.99. The van der Waals surface area contributed by atoms with E-state index in [0.717, 1.165) is 16.9 Å². The first kappa shape index (κ1) is 24.4. The van der Waals surface area contributed by atoms with Gasteiger partial charge in [-0.15, -0.1) is 0 Å². The maximum Gasteiger partial charge on any atom is 0.255 e. The van der Waals surface area contributed by atoms with Gasteiger partial charge in [-0.1, -0.05) is 36.4 Å². The molecule has 0 bridgehead atoms. The number of aromatic nitrogens is 2. The quantitative estimate of drug-likeness (QED) is 0.319. The van der Waals surface area contributed by atoms with E-state index in [1.165, 1.54) is 12.1 Å². The van der Waals surface area contributed by atoms with Crippen LogP contribution in [0.4, 0.5) is 16.0 Å². The smallest absolute Gasteiger partial charge is 0.255 e. The van der Waals surface area contributed by atoms with Crippen molar-refractivity contribution in [1.82, 2.24) is 15.3 Å². The van der Waals surface area contributed by atoms with E-state index in [9.17, 15) is 14.4 Å². The highest BCUT2D eigenvalue weighted by Crippen LogP contribution is 2.25. The van der Waals surface area contributed by atoms with E-state index in [4.69, 9.17) is 0 Å². The highest BCUT2D eigenvalue weighted by Gasteiger charge is 2.16. The second-order valence-electron chi connectivity index (χ2n) is 8.04. The molecule has 2 heterocycles. The van der Waals surface area contributed by atoms with Gasteiger partial charge in [-0.25, -0.2) is 14.4 Å². The zero-order chi connectivity index (χ0) is 25.3. The van der Waals surface area contributed by atoms with Crippen LogP contribution in [0.2, 0.25) is 0 Å². The number of halogens is 1. The number of carbonyl (C=O) groups is 1. The number of benzene rings is 2. The second kappa shape index (κ2) is 11.6. The van der Waals surface area contributed by atoms with E-state index in [1.807, 2.05) is 30.3 Å². The Labute approximate surface area is 209 Å². The fourth-order valence-electron chi connectivity index (χ4n) is 3.70. The van der Waals surface area contributed by atoms with Gasteiger partial charge in [-0.2, -0.15) is 5.26 Å². The van der Waals surface area contributed by atoms with E-state index in [0.29, 0.717) is 47.7 Å². The second-order valence-corrected chi connectivity index (χ2v) is 8.04. The van der Waals surface area contributed by atoms with Gasteiger partial charge in [0.05, 0.1) is 22.9 Å². The summed E-state index contributed by atoms with van der Waals surface area (Å²) in [5, 5.41) is 18.6. The van der Waals surface area contributed by atoms with Gasteiger partial charge in [-0.3, -0.25) is 4.79 Å². The molecule has 0 unspecified atom stereocenters. The molecule has 0 aliphatic carbocycles. The molecule has 3 N–H and O–H groups in total. The molecule has 7 nitrogen and oxygen atoms in total. The lowest BCUT2D eigenvalue weighted by Crippen LogP contribution is -2.25. The summed E-state index contributed by atoms with van der Waals surface area (Å²) < 4.78 is 13.5. The van der Waals surface area contributed by atoms with Crippen molar-refractivity contribution in [1.29, 1.82) is 5.26 Å². The summed E-state index contributed by atoms with van der Waals surface area (Å²) in [5.41, 5.74) is 3.80. The van der Waals surface area contributed by atoms with Crippen molar-refractivity contribution in [2.24, 2.45) is 0 Å². The lowest BCUT2D eigenvalue weighted by atomic mass is 10.0.